The van der Waals surface area contributed by atoms with E-state index in [-0.39, 0.29) is 5.91 Å². The average molecular weight is 411 g/mol. The van der Waals surface area contributed by atoms with Crippen LogP contribution in [0.1, 0.15) is 33.2 Å². The zero-order valence-corrected chi connectivity index (χ0v) is 14.2. The van der Waals surface area contributed by atoms with Crippen LogP contribution >= 0.6 is 31.9 Å². The molecule has 2 aromatic carbocycles. The van der Waals surface area contributed by atoms with Gasteiger partial charge in [-0.2, -0.15) is 0 Å². The molecule has 1 aliphatic heterocycles. The van der Waals surface area contributed by atoms with Gasteiger partial charge in [0.25, 0.3) is 5.91 Å². The van der Waals surface area contributed by atoms with Crippen LogP contribution in [0.15, 0.2) is 45.3 Å². The van der Waals surface area contributed by atoms with E-state index >= 15 is 0 Å². The van der Waals surface area contributed by atoms with Crippen molar-refractivity contribution < 1.29 is 9.90 Å². The summed E-state index contributed by atoms with van der Waals surface area (Å²) in [5.41, 5.74) is 3.16. The van der Waals surface area contributed by atoms with Crippen molar-refractivity contribution in [3.63, 3.8) is 0 Å². The first-order valence-electron chi connectivity index (χ1n) is 6.60. The summed E-state index contributed by atoms with van der Waals surface area (Å²) in [5.74, 6) is -0.0707. The first-order valence-corrected chi connectivity index (χ1v) is 8.19. The summed E-state index contributed by atoms with van der Waals surface area (Å²) in [5, 5.41) is 13.4. The highest BCUT2D eigenvalue weighted by Gasteiger charge is 2.20. The second-order valence-corrected chi connectivity index (χ2v) is 6.76. The molecule has 0 radical (unpaired) electrons. The molecule has 0 saturated heterocycles. The lowest BCUT2D eigenvalue weighted by Crippen LogP contribution is -2.31. The number of carbonyl (C=O) groups is 1. The molecule has 0 aliphatic carbocycles. The molecular formula is C16H13Br2NO2. The average Bonchev–Trinajstić information content (AvgIpc) is 2.49. The summed E-state index contributed by atoms with van der Waals surface area (Å²) in [6, 6.07) is 11.2. The fraction of sp³-hybridized carbons (Fsp3) is 0.188. The van der Waals surface area contributed by atoms with Gasteiger partial charge in [0.1, 0.15) is 6.10 Å². The highest BCUT2D eigenvalue weighted by molar-refractivity contribution is 9.11. The lowest BCUT2D eigenvalue weighted by molar-refractivity contribution is 0.0945. The second kappa shape index (κ2) is 5.91. The number of halogens is 2. The van der Waals surface area contributed by atoms with Crippen LogP contribution < -0.4 is 5.32 Å². The lowest BCUT2D eigenvalue weighted by atomic mass is 9.94. The molecule has 2 N–H and O–H groups in total. The van der Waals surface area contributed by atoms with E-state index in [1.807, 2.05) is 30.3 Å². The molecule has 1 atom stereocenters. The Morgan fingerprint density at radius 2 is 1.95 bits per heavy atom. The van der Waals surface area contributed by atoms with Gasteiger partial charge in [-0.3, -0.25) is 4.79 Å². The maximum atomic E-state index is 11.9. The van der Waals surface area contributed by atoms with Crippen LogP contribution in [0.4, 0.5) is 0 Å². The third-order valence-corrected chi connectivity index (χ3v) is 4.84. The van der Waals surface area contributed by atoms with E-state index in [0.29, 0.717) is 17.7 Å². The predicted molar refractivity (Wildman–Crippen MR) is 88.4 cm³/mol. The number of nitrogens with one attached hydrogen (secondary N) is 1. The van der Waals surface area contributed by atoms with Crippen LogP contribution in [0.5, 0.6) is 0 Å². The Bertz CT molecular complexity index is 715. The van der Waals surface area contributed by atoms with Crippen LogP contribution in [-0.2, 0) is 6.42 Å². The molecule has 5 heteroatoms. The summed E-state index contributed by atoms with van der Waals surface area (Å²) in [4.78, 5) is 11.9. The van der Waals surface area contributed by atoms with Gasteiger partial charge in [0, 0.05) is 26.6 Å². The second-order valence-electron chi connectivity index (χ2n) is 4.99. The van der Waals surface area contributed by atoms with Crippen LogP contribution in [0.2, 0.25) is 0 Å². The zero-order chi connectivity index (χ0) is 15.0. The van der Waals surface area contributed by atoms with E-state index in [2.05, 4.69) is 37.2 Å². The summed E-state index contributed by atoms with van der Waals surface area (Å²) in [6.45, 7) is 0.672. The molecule has 2 aromatic rings. The van der Waals surface area contributed by atoms with Crippen LogP contribution in [0.3, 0.4) is 0 Å². The molecule has 0 aromatic heterocycles. The van der Waals surface area contributed by atoms with Crippen molar-refractivity contribution in [1.82, 2.24) is 5.32 Å². The maximum absolute atomic E-state index is 11.9. The van der Waals surface area contributed by atoms with E-state index in [1.54, 1.807) is 6.07 Å². The van der Waals surface area contributed by atoms with E-state index in [9.17, 15) is 9.90 Å². The number of fused-ring (bicyclic) bond motifs is 1. The van der Waals surface area contributed by atoms with Gasteiger partial charge in [-0.05, 0) is 41.8 Å². The lowest BCUT2D eigenvalue weighted by Gasteiger charge is -2.19. The Labute approximate surface area is 139 Å². The number of hydrogen-bond acceptors (Lipinski definition) is 2. The first-order chi connectivity index (χ1) is 10.1. The van der Waals surface area contributed by atoms with Gasteiger partial charge >= 0.3 is 0 Å². The predicted octanol–water partition coefficient (Wildman–Crippen LogP) is 3.58. The number of rotatable bonds is 2. The monoisotopic (exact) mass is 409 g/mol. The number of hydrogen-bond donors (Lipinski definition) is 2. The van der Waals surface area contributed by atoms with E-state index in [0.717, 1.165) is 26.5 Å². The number of carbonyl (C=O) groups excluding carboxylic acids is 1. The fourth-order valence-corrected chi connectivity index (χ4v) is 3.35. The van der Waals surface area contributed by atoms with Crippen molar-refractivity contribution in [2.45, 2.75) is 12.5 Å². The Morgan fingerprint density at radius 3 is 2.76 bits per heavy atom. The molecule has 0 fully saturated rings. The summed E-state index contributed by atoms with van der Waals surface area (Å²) in [6.07, 6.45) is 0.0507. The molecule has 0 spiro atoms. The highest BCUT2D eigenvalue weighted by Crippen LogP contribution is 2.32. The Morgan fingerprint density at radius 1 is 1.14 bits per heavy atom. The number of benzene rings is 2. The molecule has 0 bridgehead atoms. The largest absolute Gasteiger partial charge is 0.384 e. The van der Waals surface area contributed by atoms with E-state index in [1.165, 1.54) is 0 Å². The van der Waals surface area contributed by atoms with Crippen LogP contribution in [0, 0.1) is 0 Å². The van der Waals surface area contributed by atoms with Gasteiger partial charge in [0.05, 0.1) is 0 Å². The van der Waals surface area contributed by atoms with Crippen molar-refractivity contribution in [1.29, 1.82) is 0 Å². The minimum Gasteiger partial charge on any atom is -0.384 e. The molecule has 3 nitrogen and oxygen atoms in total. The third kappa shape index (κ3) is 2.91. The van der Waals surface area contributed by atoms with Gasteiger partial charge in [0.15, 0.2) is 0 Å². The number of aliphatic hydroxyl groups excluding tert-OH is 1. The van der Waals surface area contributed by atoms with E-state index in [4.69, 9.17) is 0 Å². The molecule has 1 heterocycles. The number of amides is 1. The van der Waals surface area contributed by atoms with Crippen molar-refractivity contribution in [3.05, 3.63) is 67.6 Å². The quantitative estimate of drug-likeness (QED) is 0.794. The SMILES string of the molecule is O=C1NCCc2ccc(C(O)c3cc(Br)ccc3Br)cc21. The number of aliphatic hydroxyl groups is 1. The molecular weight excluding hydrogens is 398 g/mol. The molecule has 1 unspecified atom stereocenters. The molecule has 1 amide bonds. The fourth-order valence-electron chi connectivity index (χ4n) is 2.50. The van der Waals surface area contributed by atoms with Crippen LogP contribution in [0.25, 0.3) is 0 Å². The van der Waals surface area contributed by atoms with Gasteiger partial charge in [-0.1, -0.05) is 44.0 Å². The molecule has 21 heavy (non-hydrogen) atoms. The van der Waals surface area contributed by atoms with Gasteiger partial charge < -0.3 is 10.4 Å². The van der Waals surface area contributed by atoms with Crippen molar-refractivity contribution in [3.8, 4) is 0 Å². The Kier molecular flexibility index (Phi) is 4.15. The zero-order valence-electron chi connectivity index (χ0n) is 11.1. The van der Waals surface area contributed by atoms with Gasteiger partial charge in [-0.15, -0.1) is 0 Å². The van der Waals surface area contributed by atoms with Crippen molar-refractivity contribution in [2.75, 3.05) is 6.54 Å². The topological polar surface area (TPSA) is 49.3 Å². The maximum Gasteiger partial charge on any atom is 0.251 e. The standard InChI is InChI=1S/C16H13Br2NO2/c17-11-3-4-14(18)13(8-11)15(20)10-2-1-9-5-6-19-16(21)12(9)7-10/h1-4,7-8,15,20H,5-6H2,(H,19,21). The summed E-state index contributed by atoms with van der Waals surface area (Å²) in [7, 11) is 0. The third-order valence-electron chi connectivity index (χ3n) is 3.63. The Balaban J connectivity index is 2.02. The first kappa shape index (κ1) is 14.8. The summed E-state index contributed by atoms with van der Waals surface area (Å²) >= 11 is 6.87. The van der Waals surface area contributed by atoms with Gasteiger partial charge in [0.2, 0.25) is 0 Å². The minimum atomic E-state index is -0.781. The van der Waals surface area contributed by atoms with Gasteiger partial charge in [-0.25, -0.2) is 0 Å². The van der Waals surface area contributed by atoms with Crippen molar-refractivity contribution >= 4 is 37.8 Å². The van der Waals surface area contributed by atoms with Crippen molar-refractivity contribution in [2.24, 2.45) is 0 Å². The highest BCUT2D eigenvalue weighted by atomic mass is 79.9. The van der Waals surface area contributed by atoms with E-state index < -0.39 is 6.10 Å². The minimum absolute atomic E-state index is 0.0707. The Hall–Kier alpha value is -1.17. The molecule has 1 aliphatic rings. The summed E-state index contributed by atoms with van der Waals surface area (Å²) < 4.78 is 1.73. The smallest absolute Gasteiger partial charge is 0.251 e. The van der Waals surface area contributed by atoms with Crippen LogP contribution in [-0.4, -0.2) is 17.6 Å². The normalized spacial score (nSPS) is 15.3. The molecule has 108 valence electrons. The molecule has 0 saturated carbocycles. The molecule has 3 rings (SSSR count).